The Morgan fingerprint density at radius 2 is 2.00 bits per heavy atom. The SMILES string of the molecule is CN1C=CN2CCCN(C)C2=C1. The van der Waals surface area contributed by atoms with Crippen LogP contribution in [-0.2, 0) is 0 Å². The Labute approximate surface area is 73.5 Å². The molecular weight excluding hydrogens is 150 g/mol. The van der Waals surface area contributed by atoms with Gasteiger partial charge in [0.1, 0.15) is 5.82 Å². The van der Waals surface area contributed by atoms with Gasteiger partial charge in [-0.1, -0.05) is 0 Å². The monoisotopic (exact) mass is 165 g/mol. The van der Waals surface area contributed by atoms with E-state index >= 15 is 0 Å². The van der Waals surface area contributed by atoms with Crippen LogP contribution < -0.4 is 0 Å². The highest BCUT2D eigenvalue weighted by Crippen LogP contribution is 2.19. The van der Waals surface area contributed by atoms with E-state index in [1.807, 2.05) is 0 Å². The average Bonchev–Trinajstić information content (AvgIpc) is 2.07. The van der Waals surface area contributed by atoms with E-state index in [4.69, 9.17) is 0 Å². The summed E-state index contributed by atoms with van der Waals surface area (Å²) < 4.78 is 0. The average molecular weight is 165 g/mol. The van der Waals surface area contributed by atoms with Crippen molar-refractivity contribution in [1.82, 2.24) is 14.7 Å². The van der Waals surface area contributed by atoms with Crippen molar-refractivity contribution in [3.8, 4) is 0 Å². The van der Waals surface area contributed by atoms with Gasteiger partial charge in [-0.3, -0.25) is 0 Å². The Kier molecular flexibility index (Phi) is 1.71. The van der Waals surface area contributed by atoms with Crippen molar-refractivity contribution in [3.05, 3.63) is 24.4 Å². The fourth-order valence-corrected chi connectivity index (χ4v) is 1.66. The molecule has 0 aromatic heterocycles. The molecule has 3 heteroatoms. The molecule has 2 aliphatic heterocycles. The van der Waals surface area contributed by atoms with Gasteiger partial charge in [-0.05, 0) is 6.42 Å². The van der Waals surface area contributed by atoms with Crippen LogP contribution in [0.1, 0.15) is 6.42 Å². The van der Waals surface area contributed by atoms with Crippen LogP contribution in [0.2, 0.25) is 0 Å². The molecule has 0 N–H and O–H groups in total. The lowest BCUT2D eigenvalue weighted by Gasteiger charge is -2.39. The molecule has 12 heavy (non-hydrogen) atoms. The van der Waals surface area contributed by atoms with Gasteiger partial charge < -0.3 is 14.7 Å². The number of nitrogens with zero attached hydrogens (tertiary/aromatic N) is 3. The van der Waals surface area contributed by atoms with Gasteiger partial charge in [0, 0.05) is 45.8 Å². The minimum Gasteiger partial charge on any atom is -0.360 e. The third-order valence-corrected chi connectivity index (χ3v) is 2.38. The molecule has 2 heterocycles. The molecule has 0 aliphatic carbocycles. The summed E-state index contributed by atoms with van der Waals surface area (Å²) in [6.45, 7) is 2.32. The smallest absolute Gasteiger partial charge is 0.124 e. The minimum atomic E-state index is 1.15. The van der Waals surface area contributed by atoms with Gasteiger partial charge in [-0.2, -0.15) is 0 Å². The Balaban J connectivity index is 2.21. The van der Waals surface area contributed by atoms with Crippen LogP contribution in [0.25, 0.3) is 0 Å². The van der Waals surface area contributed by atoms with Crippen LogP contribution in [0.15, 0.2) is 24.4 Å². The third kappa shape index (κ3) is 1.15. The maximum Gasteiger partial charge on any atom is 0.124 e. The molecule has 1 fully saturated rings. The van der Waals surface area contributed by atoms with Crippen molar-refractivity contribution in [1.29, 1.82) is 0 Å². The van der Waals surface area contributed by atoms with Gasteiger partial charge >= 0.3 is 0 Å². The summed E-state index contributed by atoms with van der Waals surface area (Å²) in [7, 11) is 4.20. The van der Waals surface area contributed by atoms with E-state index in [0.717, 1.165) is 6.54 Å². The van der Waals surface area contributed by atoms with Crippen LogP contribution in [0.3, 0.4) is 0 Å². The van der Waals surface area contributed by atoms with Crippen molar-refractivity contribution >= 4 is 0 Å². The molecule has 0 unspecified atom stereocenters. The van der Waals surface area contributed by atoms with E-state index in [1.54, 1.807) is 0 Å². The summed E-state index contributed by atoms with van der Waals surface area (Å²) in [5.41, 5.74) is 0. The molecule has 0 aromatic rings. The summed E-state index contributed by atoms with van der Waals surface area (Å²) in [6.07, 6.45) is 7.65. The molecule has 0 atom stereocenters. The summed E-state index contributed by atoms with van der Waals surface area (Å²) in [6, 6.07) is 0. The molecular formula is C9H15N3. The highest BCUT2D eigenvalue weighted by atomic mass is 15.4. The lowest BCUT2D eigenvalue weighted by Crippen LogP contribution is -2.40. The second-order valence-electron chi connectivity index (χ2n) is 3.42. The van der Waals surface area contributed by atoms with Crippen LogP contribution in [-0.4, -0.2) is 41.9 Å². The van der Waals surface area contributed by atoms with Crippen LogP contribution in [0.4, 0.5) is 0 Å². The Morgan fingerprint density at radius 3 is 2.83 bits per heavy atom. The Bertz CT molecular complexity index is 232. The Morgan fingerprint density at radius 1 is 1.17 bits per heavy atom. The maximum atomic E-state index is 2.30. The van der Waals surface area contributed by atoms with Gasteiger partial charge in [0.05, 0.1) is 0 Å². The van der Waals surface area contributed by atoms with Crippen LogP contribution >= 0.6 is 0 Å². The molecule has 66 valence electrons. The van der Waals surface area contributed by atoms with Gasteiger partial charge in [0.2, 0.25) is 0 Å². The zero-order valence-corrected chi connectivity index (χ0v) is 7.70. The predicted molar refractivity (Wildman–Crippen MR) is 48.9 cm³/mol. The molecule has 0 spiro atoms. The molecule has 0 aromatic carbocycles. The van der Waals surface area contributed by atoms with Crippen molar-refractivity contribution < 1.29 is 0 Å². The molecule has 2 aliphatic rings. The van der Waals surface area contributed by atoms with E-state index in [0.29, 0.717) is 0 Å². The number of fused-ring (bicyclic) bond motifs is 1. The van der Waals surface area contributed by atoms with Crippen LogP contribution in [0, 0.1) is 0 Å². The van der Waals surface area contributed by atoms with Gasteiger partial charge in [0.15, 0.2) is 0 Å². The van der Waals surface area contributed by atoms with Crippen LogP contribution in [0.5, 0.6) is 0 Å². The van der Waals surface area contributed by atoms with Gasteiger partial charge in [-0.15, -0.1) is 0 Å². The predicted octanol–water partition coefficient (Wildman–Crippen LogP) is 0.839. The number of hydrogen-bond donors (Lipinski definition) is 0. The second-order valence-corrected chi connectivity index (χ2v) is 3.42. The third-order valence-electron chi connectivity index (χ3n) is 2.38. The first-order chi connectivity index (χ1) is 5.77. The molecule has 0 amide bonds. The summed E-state index contributed by atoms with van der Waals surface area (Å²) in [5.74, 6) is 1.31. The summed E-state index contributed by atoms with van der Waals surface area (Å²) in [4.78, 5) is 6.68. The van der Waals surface area contributed by atoms with E-state index < -0.39 is 0 Å². The van der Waals surface area contributed by atoms with Crippen molar-refractivity contribution in [2.45, 2.75) is 6.42 Å². The topological polar surface area (TPSA) is 9.72 Å². The van der Waals surface area contributed by atoms with Gasteiger partial charge in [0.25, 0.3) is 0 Å². The van der Waals surface area contributed by atoms with E-state index in [9.17, 15) is 0 Å². The summed E-state index contributed by atoms with van der Waals surface area (Å²) in [5, 5.41) is 0. The van der Waals surface area contributed by atoms with E-state index in [-0.39, 0.29) is 0 Å². The zero-order valence-electron chi connectivity index (χ0n) is 7.70. The van der Waals surface area contributed by atoms with E-state index in [2.05, 4.69) is 47.4 Å². The molecule has 3 nitrogen and oxygen atoms in total. The fourth-order valence-electron chi connectivity index (χ4n) is 1.66. The molecule has 0 bridgehead atoms. The first kappa shape index (κ1) is 7.53. The first-order valence-corrected chi connectivity index (χ1v) is 4.37. The number of rotatable bonds is 0. The lowest BCUT2D eigenvalue weighted by molar-refractivity contribution is 0.214. The highest BCUT2D eigenvalue weighted by molar-refractivity contribution is 5.11. The largest absolute Gasteiger partial charge is 0.360 e. The molecule has 0 radical (unpaired) electrons. The minimum absolute atomic E-state index is 1.15. The van der Waals surface area contributed by atoms with Crippen molar-refractivity contribution in [2.24, 2.45) is 0 Å². The lowest BCUT2D eigenvalue weighted by atomic mass is 10.3. The zero-order chi connectivity index (χ0) is 8.55. The standard InChI is InChI=1S/C9H15N3/c1-10-6-7-12-5-3-4-11(2)9(12)8-10/h6-8H,3-5H2,1-2H3. The maximum absolute atomic E-state index is 2.30. The number of hydrogen-bond acceptors (Lipinski definition) is 3. The molecule has 1 saturated heterocycles. The highest BCUT2D eigenvalue weighted by Gasteiger charge is 2.19. The fraction of sp³-hybridized carbons (Fsp3) is 0.556. The van der Waals surface area contributed by atoms with Crippen molar-refractivity contribution in [2.75, 3.05) is 27.2 Å². The Hall–Kier alpha value is -1.12. The van der Waals surface area contributed by atoms with Gasteiger partial charge in [-0.25, -0.2) is 0 Å². The first-order valence-electron chi connectivity index (χ1n) is 4.37. The molecule has 0 saturated carbocycles. The second kappa shape index (κ2) is 2.73. The summed E-state index contributed by atoms with van der Waals surface area (Å²) >= 11 is 0. The normalized spacial score (nSPS) is 22.5. The van der Waals surface area contributed by atoms with Crippen molar-refractivity contribution in [3.63, 3.8) is 0 Å². The molecule has 2 rings (SSSR count). The van der Waals surface area contributed by atoms with E-state index in [1.165, 1.54) is 18.8 Å². The quantitative estimate of drug-likeness (QED) is 0.526.